The van der Waals surface area contributed by atoms with Crippen molar-refractivity contribution in [2.45, 2.75) is 27.2 Å². The van der Waals surface area contributed by atoms with Crippen LogP contribution in [0.15, 0.2) is 30.8 Å². The predicted molar refractivity (Wildman–Crippen MR) is 73.9 cm³/mol. The van der Waals surface area contributed by atoms with Crippen LogP contribution in [-0.2, 0) is 0 Å². The van der Waals surface area contributed by atoms with Crippen LogP contribution in [0, 0.1) is 5.41 Å². The van der Waals surface area contributed by atoms with Gasteiger partial charge in [0, 0.05) is 19.8 Å². The van der Waals surface area contributed by atoms with Crippen molar-refractivity contribution in [3.05, 3.63) is 36.4 Å². The second-order valence-electron chi connectivity index (χ2n) is 5.78. The van der Waals surface area contributed by atoms with Crippen LogP contribution in [0.25, 0.3) is 5.57 Å². The molecule has 88 valence electrons. The van der Waals surface area contributed by atoms with Crippen LogP contribution in [0.4, 0.5) is 5.69 Å². The molecule has 0 saturated heterocycles. The maximum atomic E-state index is 4.17. The SMILES string of the molecule is C=C(CC(C)(C)C)c1ccc(N(C)C)cc1. The first-order valence-corrected chi connectivity index (χ1v) is 5.75. The third kappa shape index (κ3) is 3.73. The zero-order valence-electron chi connectivity index (χ0n) is 11.2. The molecule has 0 unspecified atom stereocenters. The van der Waals surface area contributed by atoms with Gasteiger partial charge in [0.2, 0.25) is 0 Å². The van der Waals surface area contributed by atoms with E-state index >= 15 is 0 Å². The Bertz CT molecular complexity index is 352. The highest BCUT2D eigenvalue weighted by Crippen LogP contribution is 2.29. The Morgan fingerprint density at radius 2 is 1.62 bits per heavy atom. The summed E-state index contributed by atoms with van der Waals surface area (Å²) in [4.78, 5) is 2.11. The quantitative estimate of drug-likeness (QED) is 0.733. The van der Waals surface area contributed by atoms with E-state index < -0.39 is 0 Å². The summed E-state index contributed by atoms with van der Waals surface area (Å²) in [7, 11) is 4.11. The average molecular weight is 217 g/mol. The molecule has 0 N–H and O–H groups in total. The lowest BCUT2D eigenvalue weighted by molar-refractivity contribution is 0.427. The van der Waals surface area contributed by atoms with Gasteiger partial charge in [-0.25, -0.2) is 0 Å². The summed E-state index contributed by atoms with van der Waals surface area (Å²) in [6.07, 6.45) is 1.04. The molecule has 0 aliphatic carbocycles. The van der Waals surface area contributed by atoms with Gasteiger partial charge in [-0.2, -0.15) is 0 Å². The molecular formula is C15H23N. The van der Waals surface area contributed by atoms with E-state index in [-0.39, 0.29) is 0 Å². The summed E-state index contributed by atoms with van der Waals surface area (Å²) in [5.41, 5.74) is 4.00. The lowest BCUT2D eigenvalue weighted by Crippen LogP contribution is -2.08. The smallest absolute Gasteiger partial charge is 0.0361 e. The van der Waals surface area contributed by atoms with Gasteiger partial charge in [0.1, 0.15) is 0 Å². The van der Waals surface area contributed by atoms with E-state index in [0.29, 0.717) is 5.41 Å². The van der Waals surface area contributed by atoms with E-state index in [1.165, 1.54) is 16.8 Å². The molecular weight excluding hydrogens is 194 g/mol. The van der Waals surface area contributed by atoms with Crippen molar-refractivity contribution in [2.75, 3.05) is 19.0 Å². The van der Waals surface area contributed by atoms with Crippen molar-refractivity contribution < 1.29 is 0 Å². The summed E-state index contributed by atoms with van der Waals surface area (Å²) in [6, 6.07) is 8.60. The van der Waals surface area contributed by atoms with E-state index in [1.807, 2.05) is 0 Å². The van der Waals surface area contributed by atoms with Crippen LogP contribution in [0.5, 0.6) is 0 Å². The molecule has 0 fully saturated rings. The Morgan fingerprint density at radius 1 is 1.12 bits per heavy atom. The molecule has 1 aromatic rings. The molecule has 0 heterocycles. The highest BCUT2D eigenvalue weighted by atomic mass is 15.1. The van der Waals surface area contributed by atoms with Gasteiger partial charge in [-0.3, -0.25) is 0 Å². The Morgan fingerprint density at radius 3 is 2.00 bits per heavy atom. The lowest BCUT2D eigenvalue weighted by Gasteiger charge is -2.20. The first kappa shape index (κ1) is 12.8. The second kappa shape index (κ2) is 4.73. The van der Waals surface area contributed by atoms with Crippen LogP contribution in [0.3, 0.4) is 0 Å². The molecule has 0 amide bonds. The minimum atomic E-state index is 0.303. The fourth-order valence-corrected chi connectivity index (χ4v) is 1.74. The van der Waals surface area contributed by atoms with Gasteiger partial charge in [-0.1, -0.05) is 39.5 Å². The Kier molecular flexibility index (Phi) is 3.79. The van der Waals surface area contributed by atoms with Crippen LogP contribution in [0.2, 0.25) is 0 Å². The van der Waals surface area contributed by atoms with Crippen LogP contribution in [-0.4, -0.2) is 14.1 Å². The predicted octanol–water partition coefficient (Wildman–Crippen LogP) is 4.20. The van der Waals surface area contributed by atoms with Gasteiger partial charge in [0.15, 0.2) is 0 Å². The maximum absolute atomic E-state index is 4.17. The third-order valence-electron chi connectivity index (χ3n) is 2.54. The topological polar surface area (TPSA) is 3.24 Å². The molecule has 0 atom stereocenters. The number of nitrogens with zero attached hydrogens (tertiary/aromatic N) is 1. The fourth-order valence-electron chi connectivity index (χ4n) is 1.74. The molecule has 0 bridgehead atoms. The molecule has 1 rings (SSSR count). The second-order valence-corrected chi connectivity index (χ2v) is 5.78. The summed E-state index contributed by atoms with van der Waals surface area (Å²) in [5, 5.41) is 0. The summed E-state index contributed by atoms with van der Waals surface area (Å²) in [5.74, 6) is 0. The van der Waals surface area contributed by atoms with Gasteiger partial charge in [-0.15, -0.1) is 0 Å². The first-order chi connectivity index (χ1) is 7.29. The molecule has 0 aliphatic heterocycles. The largest absolute Gasteiger partial charge is 0.378 e. The van der Waals surface area contributed by atoms with Crippen molar-refractivity contribution in [3.63, 3.8) is 0 Å². The zero-order valence-corrected chi connectivity index (χ0v) is 11.2. The van der Waals surface area contributed by atoms with Gasteiger partial charge < -0.3 is 4.90 Å². The van der Waals surface area contributed by atoms with Gasteiger partial charge in [0.25, 0.3) is 0 Å². The van der Waals surface area contributed by atoms with Crippen LogP contribution >= 0.6 is 0 Å². The van der Waals surface area contributed by atoms with E-state index in [0.717, 1.165) is 6.42 Å². The van der Waals surface area contributed by atoms with Crippen molar-refractivity contribution in [3.8, 4) is 0 Å². The van der Waals surface area contributed by atoms with Crippen LogP contribution in [0.1, 0.15) is 32.8 Å². The number of anilines is 1. The van der Waals surface area contributed by atoms with Crippen molar-refractivity contribution >= 4 is 11.3 Å². The van der Waals surface area contributed by atoms with Gasteiger partial charge in [0.05, 0.1) is 0 Å². The zero-order chi connectivity index (χ0) is 12.3. The average Bonchev–Trinajstić information content (AvgIpc) is 2.15. The standard InChI is InChI=1S/C15H23N/c1-12(11-15(2,3)4)13-7-9-14(10-8-13)16(5)6/h7-10H,1,11H2,2-6H3. The normalized spacial score (nSPS) is 11.3. The maximum Gasteiger partial charge on any atom is 0.0361 e. The lowest BCUT2D eigenvalue weighted by atomic mass is 9.86. The Labute approximate surface area is 99.8 Å². The molecule has 0 radical (unpaired) electrons. The molecule has 16 heavy (non-hydrogen) atoms. The van der Waals surface area contributed by atoms with E-state index in [2.05, 4.69) is 70.6 Å². The van der Waals surface area contributed by atoms with E-state index in [9.17, 15) is 0 Å². The van der Waals surface area contributed by atoms with Crippen molar-refractivity contribution in [1.29, 1.82) is 0 Å². The summed E-state index contributed by atoms with van der Waals surface area (Å²) >= 11 is 0. The highest BCUT2D eigenvalue weighted by molar-refractivity contribution is 5.65. The number of rotatable bonds is 3. The van der Waals surface area contributed by atoms with Crippen molar-refractivity contribution in [1.82, 2.24) is 0 Å². The van der Waals surface area contributed by atoms with E-state index in [4.69, 9.17) is 0 Å². The molecule has 0 saturated carbocycles. The first-order valence-electron chi connectivity index (χ1n) is 5.75. The number of hydrogen-bond acceptors (Lipinski definition) is 1. The minimum Gasteiger partial charge on any atom is -0.378 e. The molecule has 1 heteroatoms. The van der Waals surface area contributed by atoms with E-state index in [1.54, 1.807) is 0 Å². The fraction of sp³-hybridized carbons (Fsp3) is 0.467. The number of benzene rings is 1. The van der Waals surface area contributed by atoms with Gasteiger partial charge >= 0.3 is 0 Å². The number of hydrogen-bond donors (Lipinski definition) is 0. The summed E-state index contributed by atoms with van der Waals surface area (Å²) < 4.78 is 0. The monoisotopic (exact) mass is 217 g/mol. The van der Waals surface area contributed by atoms with Gasteiger partial charge in [-0.05, 0) is 35.1 Å². The van der Waals surface area contributed by atoms with Crippen LogP contribution < -0.4 is 4.90 Å². The molecule has 1 aromatic carbocycles. The molecule has 1 nitrogen and oxygen atoms in total. The molecule has 0 spiro atoms. The Balaban J connectivity index is 2.78. The molecule has 0 aliphatic rings. The molecule has 0 aromatic heterocycles. The Hall–Kier alpha value is -1.24. The summed E-state index contributed by atoms with van der Waals surface area (Å²) in [6.45, 7) is 10.9. The third-order valence-corrected chi connectivity index (χ3v) is 2.54. The number of allylic oxidation sites excluding steroid dienone is 1. The minimum absolute atomic E-state index is 0.303. The highest BCUT2D eigenvalue weighted by Gasteiger charge is 2.12. The van der Waals surface area contributed by atoms with Crippen molar-refractivity contribution in [2.24, 2.45) is 5.41 Å².